The second kappa shape index (κ2) is 6.43. The summed E-state index contributed by atoms with van der Waals surface area (Å²) in [6.45, 7) is 2.01. The Morgan fingerprint density at radius 2 is 1.83 bits per heavy atom. The molecule has 0 radical (unpaired) electrons. The van der Waals surface area contributed by atoms with Gasteiger partial charge >= 0.3 is 0 Å². The topological polar surface area (TPSA) is 58.2 Å². The lowest BCUT2D eigenvalue weighted by Gasteiger charge is -2.16. The van der Waals surface area contributed by atoms with Gasteiger partial charge in [0, 0.05) is 17.8 Å². The van der Waals surface area contributed by atoms with E-state index < -0.39 is 5.41 Å². The van der Waals surface area contributed by atoms with Gasteiger partial charge in [0.15, 0.2) is 0 Å². The number of nitrogens with one attached hydrogen (secondary N) is 2. The highest BCUT2D eigenvalue weighted by atomic mass is 19.1. The van der Waals surface area contributed by atoms with E-state index in [9.17, 15) is 14.0 Å². The van der Waals surface area contributed by atoms with Crippen LogP contribution in [0.2, 0.25) is 0 Å². The fourth-order valence-corrected chi connectivity index (χ4v) is 2.64. The average molecular weight is 326 g/mol. The summed E-state index contributed by atoms with van der Waals surface area (Å²) in [4.78, 5) is 24.9. The SMILES string of the molecule is Cc1cccc(NC(=O)C2(C(=O)NCc3ccccc3F)CC2)c1. The molecule has 24 heavy (non-hydrogen) atoms. The van der Waals surface area contributed by atoms with Crippen LogP contribution in [0.15, 0.2) is 48.5 Å². The van der Waals surface area contributed by atoms with Crippen LogP contribution in [0.3, 0.4) is 0 Å². The molecule has 0 bridgehead atoms. The lowest BCUT2D eigenvalue weighted by atomic mass is 10.0. The summed E-state index contributed by atoms with van der Waals surface area (Å²) in [6, 6.07) is 13.7. The van der Waals surface area contributed by atoms with Crippen LogP contribution in [0.4, 0.5) is 10.1 Å². The second-order valence-corrected chi connectivity index (χ2v) is 6.18. The van der Waals surface area contributed by atoms with Crippen molar-refractivity contribution in [2.75, 3.05) is 5.32 Å². The number of carbonyl (C=O) groups is 2. The summed E-state index contributed by atoms with van der Waals surface area (Å²) in [5.74, 6) is -1.03. The van der Waals surface area contributed by atoms with Crippen LogP contribution in [0, 0.1) is 18.2 Å². The third-order valence-electron chi connectivity index (χ3n) is 4.29. The summed E-state index contributed by atoms with van der Waals surface area (Å²) in [5.41, 5.74) is 1.07. The van der Waals surface area contributed by atoms with Crippen molar-refractivity contribution in [3.8, 4) is 0 Å². The molecule has 1 aliphatic carbocycles. The van der Waals surface area contributed by atoms with Gasteiger partial charge in [-0.15, -0.1) is 0 Å². The number of halogens is 1. The number of aryl methyl sites for hydroxylation is 1. The minimum absolute atomic E-state index is 0.0744. The Kier molecular flexibility index (Phi) is 4.34. The van der Waals surface area contributed by atoms with E-state index in [2.05, 4.69) is 10.6 Å². The van der Waals surface area contributed by atoms with E-state index in [1.165, 1.54) is 6.07 Å². The quantitative estimate of drug-likeness (QED) is 0.829. The molecule has 1 saturated carbocycles. The Hall–Kier alpha value is -2.69. The van der Waals surface area contributed by atoms with Crippen molar-refractivity contribution in [1.82, 2.24) is 5.32 Å². The molecule has 0 atom stereocenters. The predicted molar refractivity (Wildman–Crippen MR) is 89.7 cm³/mol. The molecule has 5 heteroatoms. The van der Waals surface area contributed by atoms with Gasteiger partial charge in [0.1, 0.15) is 11.2 Å². The molecule has 2 N–H and O–H groups in total. The van der Waals surface area contributed by atoms with Crippen LogP contribution in [0.5, 0.6) is 0 Å². The maximum atomic E-state index is 13.6. The largest absolute Gasteiger partial charge is 0.351 e. The zero-order chi connectivity index (χ0) is 17.2. The molecule has 0 aromatic heterocycles. The fraction of sp³-hybridized carbons (Fsp3) is 0.263. The zero-order valence-electron chi connectivity index (χ0n) is 13.4. The van der Waals surface area contributed by atoms with Crippen molar-refractivity contribution < 1.29 is 14.0 Å². The van der Waals surface area contributed by atoms with Crippen molar-refractivity contribution >= 4 is 17.5 Å². The van der Waals surface area contributed by atoms with E-state index in [4.69, 9.17) is 0 Å². The maximum absolute atomic E-state index is 13.6. The van der Waals surface area contributed by atoms with Gasteiger partial charge in [-0.3, -0.25) is 9.59 Å². The summed E-state index contributed by atoms with van der Waals surface area (Å²) in [5, 5.41) is 5.48. The highest BCUT2D eigenvalue weighted by Gasteiger charge is 2.56. The lowest BCUT2D eigenvalue weighted by Crippen LogP contribution is -2.39. The minimum atomic E-state index is -1.03. The summed E-state index contributed by atoms with van der Waals surface area (Å²) >= 11 is 0. The Morgan fingerprint density at radius 1 is 1.08 bits per heavy atom. The molecule has 2 aromatic rings. The zero-order valence-corrected chi connectivity index (χ0v) is 13.4. The van der Waals surface area contributed by atoms with Crippen molar-refractivity contribution in [3.05, 3.63) is 65.5 Å². The van der Waals surface area contributed by atoms with Gasteiger partial charge in [0.2, 0.25) is 11.8 Å². The highest BCUT2D eigenvalue weighted by Crippen LogP contribution is 2.46. The number of anilines is 1. The molecular weight excluding hydrogens is 307 g/mol. The maximum Gasteiger partial charge on any atom is 0.240 e. The van der Waals surface area contributed by atoms with Crippen molar-refractivity contribution in [1.29, 1.82) is 0 Å². The molecule has 0 heterocycles. The normalized spacial score (nSPS) is 14.8. The third-order valence-corrected chi connectivity index (χ3v) is 4.29. The van der Waals surface area contributed by atoms with E-state index in [1.807, 2.05) is 25.1 Å². The molecule has 0 unspecified atom stereocenters. The van der Waals surface area contributed by atoms with E-state index in [-0.39, 0.29) is 24.2 Å². The van der Waals surface area contributed by atoms with E-state index in [1.54, 1.807) is 24.3 Å². The molecule has 0 saturated heterocycles. The Bertz CT molecular complexity index is 784. The number of rotatable bonds is 5. The summed E-state index contributed by atoms with van der Waals surface area (Å²) in [6.07, 6.45) is 1.02. The van der Waals surface area contributed by atoms with Crippen molar-refractivity contribution in [2.45, 2.75) is 26.3 Å². The van der Waals surface area contributed by atoms with Crippen molar-refractivity contribution in [3.63, 3.8) is 0 Å². The molecule has 4 nitrogen and oxygen atoms in total. The molecule has 3 rings (SSSR count). The molecule has 2 aromatic carbocycles. The number of amides is 2. The summed E-state index contributed by atoms with van der Waals surface area (Å²) < 4.78 is 13.6. The van der Waals surface area contributed by atoms with Crippen LogP contribution < -0.4 is 10.6 Å². The smallest absolute Gasteiger partial charge is 0.240 e. The fourth-order valence-electron chi connectivity index (χ4n) is 2.64. The first-order valence-electron chi connectivity index (χ1n) is 7.91. The Morgan fingerprint density at radius 3 is 2.50 bits per heavy atom. The van der Waals surface area contributed by atoms with E-state index >= 15 is 0 Å². The highest BCUT2D eigenvalue weighted by molar-refractivity contribution is 6.13. The van der Waals surface area contributed by atoms with Gasteiger partial charge in [0.05, 0.1) is 0 Å². The Labute approximate surface area is 140 Å². The number of benzene rings is 2. The van der Waals surface area contributed by atoms with Crippen molar-refractivity contribution in [2.24, 2.45) is 5.41 Å². The van der Waals surface area contributed by atoms with Crippen LogP contribution in [-0.2, 0) is 16.1 Å². The number of carbonyl (C=O) groups excluding carboxylic acids is 2. The molecule has 124 valence electrons. The number of hydrogen-bond donors (Lipinski definition) is 2. The van der Waals surface area contributed by atoms with Gasteiger partial charge < -0.3 is 10.6 Å². The van der Waals surface area contributed by atoms with Crippen LogP contribution in [0.25, 0.3) is 0 Å². The summed E-state index contributed by atoms with van der Waals surface area (Å²) in [7, 11) is 0. The standard InChI is InChI=1S/C19H19FN2O2/c1-13-5-4-7-15(11-13)22-18(24)19(9-10-19)17(23)21-12-14-6-2-3-8-16(14)20/h2-8,11H,9-10,12H2,1H3,(H,21,23)(H,22,24). The Balaban J connectivity index is 1.63. The van der Waals surface area contributed by atoms with Gasteiger partial charge in [0.25, 0.3) is 0 Å². The molecule has 0 aliphatic heterocycles. The second-order valence-electron chi connectivity index (χ2n) is 6.18. The molecule has 1 aliphatic rings. The average Bonchev–Trinajstić information content (AvgIpc) is 3.36. The lowest BCUT2D eigenvalue weighted by molar-refractivity contribution is -0.134. The van der Waals surface area contributed by atoms with E-state index in [0.717, 1.165) is 5.56 Å². The molecular formula is C19H19FN2O2. The van der Waals surface area contributed by atoms with Crippen LogP contribution in [0.1, 0.15) is 24.0 Å². The van der Waals surface area contributed by atoms with Gasteiger partial charge in [-0.2, -0.15) is 0 Å². The van der Waals surface area contributed by atoms with Gasteiger partial charge in [-0.1, -0.05) is 30.3 Å². The van der Waals surface area contributed by atoms with Crippen LogP contribution >= 0.6 is 0 Å². The molecule has 0 spiro atoms. The first-order chi connectivity index (χ1) is 11.5. The molecule has 2 amide bonds. The van der Waals surface area contributed by atoms with Crippen LogP contribution in [-0.4, -0.2) is 11.8 Å². The molecule has 1 fully saturated rings. The third kappa shape index (κ3) is 3.30. The minimum Gasteiger partial charge on any atom is -0.351 e. The predicted octanol–water partition coefficient (Wildman–Crippen LogP) is 3.17. The number of hydrogen-bond acceptors (Lipinski definition) is 2. The van der Waals surface area contributed by atoms with Gasteiger partial charge in [-0.05, 0) is 43.5 Å². The first-order valence-corrected chi connectivity index (χ1v) is 7.91. The van der Waals surface area contributed by atoms with E-state index in [0.29, 0.717) is 24.1 Å². The first kappa shape index (κ1) is 16.2. The van der Waals surface area contributed by atoms with Gasteiger partial charge in [-0.25, -0.2) is 4.39 Å². The monoisotopic (exact) mass is 326 g/mol.